The van der Waals surface area contributed by atoms with Crippen molar-refractivity contribution < 1.29 is 19.5 Å². The molecule has 2 aliphatic heterocycles. The predicted octanol–water partition coefficient (Wildman–Crippen LogP) is -0.392. The molecular formula is C11H12N4O4S. The largest absolute Gasteiger partial charge is 0.480 e. The number of aromatic nitrogens is 3. The fourth-order valence-corrected chi connectivity index (χ4v) is 4.50. The van der Waals surface area contributed by atoms with Crippen LogP contribution < -0.4 is 0 Å². The van der Waals surface area contributed by atoms with E-state index < -0.39 is 16.8 Å². The standard InChI is InChI=1S/C11H12N4O4S/c1-11(5-14-3-6(4-16)12-13-14)9(10(18)19)15-7(17)2-8(15)20-11/h3-4,8-9H,2,5H2,1H3,(H,18,19). The Kier molecular flexibility index (Phi) is 2.82. The predicted molar refractivity (Wildman–Crippen MR) is 68.1 cm³/mol. The molecule has 2 aliphatic rings. The highest BCUT2D eigenvalue weighted by atomic mass is 32.2. The zero-order chi connectivity index (χ0) is 14.5. The van der Waals surface area contributed by atoms with Crippen LogP contribution in [0.3, 0.4) is 0 Å². The second-order valence-corrected chi connectivity index (χ2v) is 6.80. The number of fused-ring (bicyclic) bond motifs is 1. The molecule has 1 aromatic heterocycles. The molecule has 9 heteroatoms. The third-order valence-corrected chi connectivity index (χ3v) is 5.15. The smallest absolute Gasteiger partial charge is 0.327 e. The van der Waals surface area contributed by atoms with Crippen LogP contribution in [-0.2, 0) is 16.1 Å². The minimum absolute atomic E-state index is 0.0809. The van der Waals surface area contributed by atoms with Crippen LogP contribution in [0.2, 0.25) is 0 Å². The Morgan fingerprint density at radius 1 is 1.70 bits per heavy atom. The maximum Gasteiger partial charge on any atom is 0.327 e. The average molecular weight is 296 g/mol. The molecule has 3 heterocycles. The van der Waals surface area contributed by atoms with E-state index in [0.717, 1.165) is 0 Å². The van der Waals surface area contributed by atoms with Crippen LogP contribution in [0.25, 0.3) is 0 Å². The van der Waals surface area contributed by atoms with E-state index >= 15 is 0 Å². The maximum atomic E-state index is 11.6. The van der Waals surface area contributed by atoms with Crippen molar-refractivity contribution in [1.82, 2.24) is 19.9 Å². The molecule has 8 nitrogen and oxygen atoms in total. The fraction of sp³-hybridized carbons (Fsp3) is 0.545. The molecule has 2 fully saturated rings. The van der Waals surface area contributed by atoms with E-state index in [9.17, 15) is 19.5 Å². The molecule has 1 amide bonds. The molecule has 3 rings (SSSR count). The van der Waals surface area contributed by atoms with E-state index in [1.165, 1.54) is 27.5 Å². The van der Waals surface area contributed by atoms with Gasteiger partial charge in [0.05, 0.1) is 29.3 Å². The molecule has 1 aromatic rings. The fourth-order valence-electron chi connectivity index (χ4n) is 2.75. The summed E-state index contributed by atoms with van der Waals surface area (Å²) in [5.74, 6) is -1.16. The van der Waals surface area contributed by atoms with Gasteiger partial charge in [-0.2, -0.15) is 0 Å². The number of β-lactam (4-membered cyclic amide) rings is 1. The number of amides is 1. The number of aliphatic carboxylic acids is 1. The highest BCUT2D eigenvalue weighted by Crippen LogP contribution is 2.51. The van der Waals surface area contributed by atoms with Crippen LogP contribution in [0.4, 0.5) is 0 Å². The SMILES string of the molecule is CC1(Cn2cc(C=O)nn2)SC2CC(=O)N2C1C(=O)O. The van der Waals surface area contributed by atoms with Gasteiger partial charge in [-0.05, 0) is 6.92 Å². The number of carbonyl (C=O) groups excluding carboxylic acids is 2. The van der Waals surface area contributed by atoms with E-state index in [2.05, 4.69) is 10.3 Å². The number of aldehydes is 1. The summed E-state index contributed by atoms with van der Waals surface area (Å²) < 4.78 is 0.750. The molecule has 0 aliphatic carbocycles. The first-order chi connectivity index (χ1) is 9.44. The minimum atomic E-state index is -1.02. The average Bonchev–Trinajstić information content (AvgIpc) is 2.90. The number of nitrogens with zero attached hydrogens (tertiary/aromatic N) is 4. The summed E-state index contributed by atoms with van der Waals surface area (Å²) in [4.78, 5) is 35.1. The van der Waals surface area contributed by atoms with Crippen molar-refractivity contribution in [2.24, 2.45) is 0 Å². The lowest BCUT2D eigenvalue weighted by Gasteiger charge is -2.36. The lowest BCUT2D eigenvalue weighted by atomic mass is 9.96. The first kappa shape index (κ1) is 13.1. The van der Waals surface area contributed by atoms with Gasteiger partial charge in [0.15, 0.2) is 6.29 Å². The highest BCUT2D eigenvalue weighted by Gasteiger charge is 2.60. The van der Waals surface area contributed by atoms with Crippen molar-refractivity contribution in [3.8, 4) is 0 Å². The topological polar surface area (TPSA) is 105 Å². The molecule has 0 saturated carbocycles. The number of thioether (sulfide) groups is 1. The van der Waals surface area contributed by atoms with Gasteiger partial charge in [-0.25, -0.2) is 4.79 Å². The Morgan fingerprint density at radius 2 is 2.45 bits per heavy atom. The lowest BCUT2D eigenvalue weighted by Crippen LogP contribution is -2.58. The second kappa shape index (κ2) is 4.30. The van der Waals surface area contributed by atoms with E-state index in [-0.39, 0.29) is 23.5 Å². The van der Waals surface area contributed by atoms with Gasteiger partial charge in [-0.15, -0.1) is 16.9 Å². The Balaban J connectivity index is 1.87. The van der Waals surface area contributed by atoms with Gasteiger partial charge in [-0.3, -0.25) is 14.3 Å². The van der Waals surface area contributed by atoms with Crippen LogP contribution >= 0.6 is 11.8 Å². The maximum absolute atomic E-state index is 11.6. The molecule has 1 N–H and O–H groups in total. The van der Waals surface area contributed by atoms with Crippen LogP contribution in [0, 0.1) is 0 Å². The van der Waals surface area contributed by atoms with E-state index in [1.54, 1.807) is 6.92 Å². The summed E-state index contributed by atoms with van der Waals surface area (Å²) in [6.45, 7) is 2.07. The van der Waals surface area contributed by atoms with Gasteiger partial charge < -0.3 is 10.0 Å². The van der Waals surface area contributed by atoms with Gasteiger partial charge in [-0.1, -0.05) is 5.21 Å². The van der Waals surface area contributed by atoms with Crippen molar-refractivity contribution in [2.75, 3.05) is 0 Å². The third-order valence-electron chi connectivity index (χ3n) is 3.60. The van der Waals surface area contributed by atoms with Crippen molar-refractivity contribution in [2.45, 2.75) is 36.1 Å². The van der Waals surface area contributed by atoms with E-state index in [1.807, 2.05) is 0 Å². The zero-order valence-electron chi connectivity index (χ0n) is 10.6. The number of hydrogen-bond donors (Lipinski definition) is 1. The quantitative estimate of drug-likeness (QED) is 0.595. The van der Waals surface area contributed by atoms with Gasteiger partial charge in [0.2, 0.25) is 5.91 Å². The van der Waals surface area contributed by atoms with Gasteiger partial charge in [0.1, 0.15) is 11.7 Å². The molecule has 3 atom stereocenters. The van der Waals surface area contributed by atoms with Gasteiger partial charge in [0, 0.05) is 0 Å². The Hall–Kier alpha value is -1.90. The first-order valence-corrected chi connectivity index (χ1v) is 6.90. The summed E-state index contributed by atoms with van der Waals surface area (Å²) >= 11 is 1.46. The molecule has 0 spiro atoms. The Labute approximate surface area is 118 Å². The molecule has 106 valence electrons. The van der Waals surface area contributed by atoms with Crippen molar-refractivity contribution in [3.05, 3.63) is 11.9 Å². The number of carboxylic acids is 1. The summed E-state index contributed by atoms with van der Waals surface area (Å²) in [7, 11) is 0. The lowest BCUT2D eigenvalue weighted by molar-refractivity contribution is -0.157. The Bertz CT molecular complexity index is 603. The molecule has 3 unspecified atom stereocenters. The Morgan fingerprint density at radius 3 is 3.00 bits per heavy atom. The number of carboxylic acid groups (broad SMARTS) is 1. The van der Waals surface area contributed by atoms with Crippen LogP contribution in [0.1, 0.15) is 23.8 Å². The number of carbonyl (C=O) groups is 3. The normalized spacial score (nSPS) is 31.9. The molecule has 0 radical (unpaired) electrons. The zero-order valence-corrected chi connectivity index (χ0v) is 11.4. The van der Waals surface area contributed by atoms with Crippen LogP contribution in [0.15, 0.2) is 6.20 Å². The summed E-state index contributed by atoms with van der Waals surface area (Å²) in [6, 6.07) is -0.886. The molecule has 20 heavy (non-hydrogen) atoms. The van der Waals surface area contributed by atoms with Gasteiger partial charge in [0.25, 0.3) is 0 Å². The molecule has 2 saturated heterocycles. The van der Waals surface area contributed by atoms with Gasteiger partial charge >= 0.3 is 5.97 Å². The highest BCUT2D eigenvalue weighted by molar-refractivity contribution is 8.01. The number of rotatable bonds is 4. The molecule has 0 bridgehead atoms. The monoisotopic (exact) mass is 296 g/mol. The number of hydrogen-bond acceptors (Lipinski definition) is 6. The first-order valence-electron chi connectivity index (χ1n) is 6.02. The second-order valence-electron chi connectivity index (χ2n) is 5.09. The molecular weight excluding hydrogens is 284 g/mol. The molecule has 0 aromatic carbocycles. The van der Waals surface area contributed by atoms with Crippen LogP contribution in [-0.4, -0.2) is 59.3 Å². The van der Waals surface area contributed by atoms with Crippen molar-refractivity contribution in [3.63, 3.8) is 0 Å². The minimum Gasteiger partial charge on any atom is -0.480 e. The van der Waals surface area contributed by atoms with Crippen LogP contribution in [0.5, 0.6) is 0 Å². The van der Waals surface area contributed by atoms with E-state index in [0.29, 0.717) is 12.7 Å². The van der Waals surface area contributed by atoms with Crippen molar-refractivity contribution >= 4 is 29.9 Å². The van der Waals surface area contributed by atoms with Crippen molar-refractivity contribution in [1.29, 1.82) is 0 Å². The summed E-state index contributed by atoms with van der Waals surface area (Å²) in [5, 5.41) is 16.8. The third kappa shape index (κ3) is 1.80. The summed E-state index contributed by atoms with van der Waals surface area (Å²) in [6.07, 6.45) is 2.43. The summed E-state index contributed by atoms with van der Waals surface area (Å²) in [5.41, 5.74) is 0.197. The van der Waals surface area contributed by atoms with E-state index in [4.69, 9.17) is 0 Å².